The summed E-state index contributed by atoms with van der Waals surface area (Å²) in [6.07, 6.45) is -0.557. The van der Waals surface area contributed by atoms with Crippen LogP contribution in [0.3, 0.4) is 0 Å². The van der Waals surface area contributed by atoms with Crippen molar-refractivity contribution in [1.29, 1.82) is 0 Å². The Hall–Kier alpha value is -1.03. The number of carboxylic acid groups (broad SMARTS) is 1. The first-order valence-electron chi connectivity index (χ1n) is 2.88. The largest absolute Gasteiger partial charge is 0.465 e. The van der Waals surface area contributed by atoms with Gasteiger partial charge in [-0.05, 0) is 6.92 Å². The van der Waals surface area contributed by atoms with Crippen LogP contribution in [0.5, 0.6) is 0 Å². The zero-order valence-electron chi connectivity index (χ0n) is 5.74. The molecule has 2 atom stereocenters. The van der Waals surface area contributed by atoms with E-state index in [1.165, 1.54) is 13.0 Å². The molecule has 0 aliphatic carbocycles. The average molecular weight is 145 g/mol. The number of aliphatic hydroxyl groups is 1. The standard InChI is InChI=1S/C6H11NO3/c1-3-5(4(2)8)7-6(9)10/h3-5,7-8H,1H2,2H3,(H,9,10). The molecular formula is C6H11NO3. The third-order valence-corrected chi connectivity index (χ3v) is 1.06. The van der Waals surface area contributed by atoms with Gasteiger partial charge in [-0.15, -0.1) is 6.58 Å². The molecule has 0 aromatic carbocycles. The van der Waals surface area contributed by atoms with Gasteiger partial charge in [0.05, 0.1) is 12.1 Å². The van der Waals surface area contributed by atoms with E-state index < -0.39 is 18.2 Å². The topological polar surface area (TPSA) is 69.6 Å². The molecule has 0 aliphatic heterocycles. The van der Waals surface area contributed by atoms with Gasteiger partial charge < -0.3 is 15.5 Å². The Morgan fingerprint density at radius 1 is 1.80 bits per heavy atom. The molecule has 0 radical (unpaired) electrons. The van der Waals surface area contributed by atoms with Crippen molar-refractivity contribution in [3.8, 4) is 0 Å². The predicted octanol–water partition coefficient (Wildman–Crippen LogP) is 0.189. The van der Waals surface area contributed by atoms with Crippen LogP contribution in [0.25, 0.3) is 0 Å². The van der Waals surface area contributed by atoms with Gasteiger partial charge in [0.1, 0.15) is 0 Å². The Morgan fingerprint density at radius 3 is 2.40 bits per heavy atom. The highest BCUT2D eigenvalue weighted by molar-refractivity contribution is 5.65. The fourth-order valence-electron chi connectivity index (χ4n) is 0.519. The van der Waals surface area contributed by atoms with Gasteiger partial charge in [0, 0.05) is 0 Å². The molecule has 0 aromatic rings. The summed E-state index contributed by atoms with van der Waals surface area (Å²) in [6, 6.07) is -0.586. The van der Waals surface area contributed by atoms with Crippen molar-refractivity contribution in [2.75, 3.05) is 0 Å². The van der Waals surface area contributed by atoms with Crippen LogP contribution >= 0.6 is 0 Å². The summed E-state index contributed by atoms with van der Waals surface area (Å²) in [4.78, 5) is 10.0. The van der Waals surface area contributed by atoms with Gasteiger partial charge in [-0.3, -0.25) is 0 Å². The zero-order valence-corrected chi connectivity index (χ0v) is 5.74. The number of amides is 1. The molecule has 1 amide bonds. The van der Waals surface area contributed by atoms with Crippen molar-refractivity contribution < 1.29 is 15.0 Å². The molecule has 4 nitrogen and oxygen atoms in total. The van der Waals surface area contributed by atoms with Gasteiger partial charge >= 0.3 is 6.09 Å². The molecular weight excluding hydrogens is 134 g/mol. The second-order valence-corrected chi connectivity index (χ2v) is 1.95. The van der Waals surface area contributed by atoms with Crippen LogP contribution in [-0.4, -0.2) is 28.5 Å². The number of aliphatic hydroxyl groups excluding tert-OH is 1. The molecule has 0 rings (SSSR count). The molecule has 10 heavy (non-hydrogen) atoms. The van der Waals surface area contributed by atoms with Crippen molar-refractivity contribution in [2.24, 2.45) is 0 Å². The van der Waals surface area contributed by atoms with Gasteiger partial charge in [-0.1, -0.05) is 6.08 Å². The van der Waals surface area contributed by atoms with Crippen molar-refractivity contribution in [2.45, 2.75) is 19.1 Å². The minimum Gasteiger partial charge on any atom is -0.465 e. The van der Waals surface area contributed by atoms with E-state index in [1.54, 1.807) is 0 Å². The van der Waals surface area contributed by atoms with E-state index in [1.807, 2.05) is 0 Å². The van der Waals surface area contributed by atoms with Crippen molar-refractivity contribution >= 4 is 6.09 Å². The third-order valence-electron chi connectivity index (χ3n) is 1.06. The lowest BCUT2D eigenvalue weighted by Crippen LogP contribution is -2.39. The van der Waals surface area contributed by atoms with Crippen LogP contribution < -0.4 is 5.32 Å². The SMILES string of the molecule is C=CC(NC(=O)O)C(C)O. The molecule has 4 heteroatoms. The monoisotopic (exact) mass is 145 g/mol. The van der Waals surface area contributed by atoms with Crippen molar-refractivity contribution in [1.82, 2.24) is 5.32 Å². The van der Waals surface area contributed by atoms with Crippen LogP contribution in [0, 0.1) is 0 Å². The molecule has 0 saturated heterocycles. The second kappa shape index (κ2) is 3.90. The molecule has 0 heterocycles. The molecule has 2 unspecified atom stereocenters. The van der Waals surface area contributed by atoms with E-state index in [0.29, 0.717) is 0 Å². The van der Waals surface area contributed by atoms with Gasteiger partial charge in [0.25, 0.3) is 0 Å². The van der Waals surface area contributed by atoms with E-state index in [2.05, 4.69) is 11.9 Å². The van der Waals surface area contributed by atoms with Crippen molar-refractivity contribution in [3.05, 3.63) is 12.7 Å². The lowest BCUT2D eigenvalue weighted by atomic mass is 10.2. The van der Waals surface area contributed by atoms with E-state index in [9.17, 15) is 4.79 Å². The number of hydrogen-bond acceptors (Lipinski definition) is 2. The molecule has 0 saturated carbocycles. The number of hydrogen-bond donors (Lipinski definition) is 3. The maximum absolute atomic E-state index is 10.0. The number of nitrogens with one attached hydrogen (secondary N) is 1. The normalized spacial score (nSPS) is 15.4. The Bertz CT molecular complexity index is 133. The minimum absolute atomic E-state index is 0.586. The van der Waals surface area contributed by atoms with Crippen LogP contribution in [0.4, 0.5) is 4.79 Å². The second-order valence-electron chi connectivity index (χ2n) is 1.95. The molecule has 0 fully saturated rings. The Balaban J connectivity index is 3.83. The smallest absolute Gasteiger partial charge is 0.405 e. The summed E-state index contributed by atoms with van der Waals surface area (Å²) >= 11 is 0. The molecule has 58 valence electrons. The van der Waals surface area contributed by atoms with Crippen LogP contribution in [0.1, 0.15) is 6.92 Å². The van der Waals surface area contributed by atoms with Crippen molar-refractivity contribution in [3.63, 3.8) is 0 Å². The Kier molecular flexibility index (Phi) is 3.49. The summed E-state index contributed by atoms with van der Waals surface area (Å²) < 4.78 is 0. The van der Waals surface area contributed by atoms with E-state index in [-0.39, 0.29) is 0 Å². The molecule has 3 N–H and O–H groups in total. The van der Waals surface area contributed by atoms with Gasteiger partial charge in [0.15, 0.2) is 0 Å². The summed E-state index contributed by atoms with van der Waals surface area (Å²) in [6.45, 7) is 4.84. The zero-order chi connectivity index (χ0) is 8.15. The lowest BCUT2D eigenvalue weighted by Gasteiger charge is -2.14. The fourth-order valence-corrected chi connectivity index (χ4v) is 0.519. The first-order valence-corrected chi connectivity index (χ1v) is 2.88. The molecule has 0 aromatic heterocycles. The molecule has 0 aliphatic rings. The maximum atomic E-state index is 10.0. The Labute approximate surface area is 59.2 Å². The Morgan fingerprint density at radius 2 is 2.30 bits per heavy atom. The molecule has 0 bridgehead atoms. The lowest BCUT2D eigenvalue weighted by molar-refractivity contribution is 0.149. The van der Waals surface area contributed by atoms with Gasteiger partial charge in [-0.25, -0.2) is 4.79 Å². The average Bonchev–Trinajstić information content (AvgIpc) is 1.81. The van der Waals surface area contributed by atoms with Crippen LogP contribution in [0.15, 0.2) is 12.7 Å². The quantitative estimate of drug-likeness (QED) is 0.496. The summed E-state index contributed by atoms with van der Waals surface area (Å²) in [5.41, 5.74) is 0. The fraction of sp³-hybridized carbons (Fsp3) is 0.500. The number of carbonyl (C=O) groups is 1. The highest BCUT2D eigenvalue weighted by atomic mass is 16.4. The van der Waals surface area contributed by atoms with E-state index >= 15 is 0 Å². The number of rotatable bonds is 3. The highest BCUT2D eigenvalue weighted by Crippen LogP contribution is 1.92. The first-order chi connectivity index (χ1) is 4.57. The summed E-state index contributed by atoms with van der Waals surface area (Å²) in [5, 5.41) is 19.1. The van der Waals surface area contributed by atoms with Crippen LogP contribution in [0.2, 0.25) is 0 Å². The predicted molar refractivity (Wildman–Crippen MR) is 36.8 cm³/mol. The minimum atomic E-state index is -1.16. The molecule has 0 spiro atoms. The van der Waals surface area contributed by atoms with E-state index in [4.69, 9.17) is 10.2 Å². The first kappa shape index (κ1) is 8.97. The van der Waals surface area contributed by atoms with E-state index in [0.717, 1.165) is 0 Å². The maximum Gasteiger partial charge on any atom is 0.405 e. The summed E-state index contributed by atoms with van der Waals surface area (Å²) in [5.74, 6) is 0. The summed E-state index contributed by atoms with van der Waals surface area (Å²) in [7, 11) is 0. The van der Waals surface area contributed by atoms with Gasteiger partial charge in [0.2, 0.25) is 0 Å². The highest BCUT2D eigenvalue weighted by Gasteiger charge is 2.11. The third kappa shape index (κ3) is 3.09. The van der Waals surface area contributed by atoms with Crippen LogP contribution in [-0.2, 0) is 0 Å². The van der Waals surface area contributed by atoms with Gasteiger partial charge in [-0.2, -0.15) is 0 Å².